The zero-order chi connectivity index (χ0) is 14.3. The Labute approximate surface area is 109 Å². The summed E-state index contributed by atoms with van der Waals surface area (Å²) in [6.45, 7) is 2.91. The number of nitrogens with two attached hydrogens (primary N) is 1. The van der Waals surface area contributed by atoms with Crippen LogP contribution in [0.1, 0.15) is 6.92 Å². The van der Waals surface area contributed by atoms with E-state index in [1.807, 2.05) is 6.92 Å². The van der Waals surface area contributed by atoms with Crippen molar-refractivity contribution >= 4 is 0 Å². The van der Waals surface area contributed by atoms with Crippen molar-refractivity contribution in [2.75, 3.05) is 19.8 Å². The summed E-state index contributed by atoms with van der Waals surface area (Å²) in [5, 5.41) is 0. The van der Waals surface area contributed by atoms with Crippen molar-refractivity contribution in [1.29, 1.82) is 0 Å². The van der Waals surface area contributed by atoms with Crippen LogP contribution in [0.4, 0.5) is 13.2 Å². The Balaban J connectivity index is 2.48. The monoisotopic (exact) mass is 279 g/mol. The summed E-state index contributed by atoms with van der Waals surface area (Å²) < 4.78 is 50.2. The van der Waals surface area contributed by atoms with Crippen LogP contribution in [0.25, 0.3) is 0 Å². The number of hydrogen-bond donors (Lipinski definition) is 1. The van der Waals surface area contributed by atoms with Gasteiger partial charge in [0.2, 0.25) is 0 Å². The summed E-state index contributed by atoms with van der Waals surface area (Å²) in [5.74, 6) is 0.132. The number of alkyl halides is 3. The lowest BCUT2D eigenvalue weighted by Gasteiger charge is -2.16. The summed E-state index contributed by atoms with van der Waals surface area (Å²) in [6, 6.07) is 5.14. The van der Waals surface area contributed by atoms with Gasteiger partial charge in [-0.3, -0.25) is 0 Å². The number of halogens is 3. The second kappa shape index (κ2) is 7.20. The summed E-state index contributed by atoms with van der Waals surface area (Å²) in [4.78, 5) is 0. The lowest BCUT2D eigenvalue weighted by molar-refractivity contribution is -0.274. The van der Waals surface area contributed by atoms with Gasteiger partial charge in [-0.05, 0) is 31.2 Å². The van der Waals surface area contributed by atoms with Gasteiger partial charge in [0.1, 0.15) is 24.2 Å². The molecule has 0 aliphatic rings. The highest BCUT2D eigenvalue weighted by atomic mass is 19.4. The molecule has 108 valence electrons. The molecule has 0 bridgehead atoms. The molecular formula is C12H16F3NO3. The maximum atomic E-state index is 11.9. The number of ether oxygens (including phenoxy) is 3. The molecule has 1 rings (SSSR count). The summed E-state index contributed by atoms with van der Waals surface area (Å²) >= 11 is 0. The van der Waals surface area contributed by atoms with Crippen LogP contribution in [0.15, 0.2) is 24.3 Å². The minimum absolute atomic E-state index is 0.240. The average Bonchev–Trinajstić information content (AvgIpc) is 2.34. The van der Waals surface area contributed by atoms with Crippen LogP contribution < -0.4 is 15.2 Å². The van der Waals surface area contributed by atoms with Crippen molar-refractivity contribution in [1.82, 2.24) is 0 Å². The molecule has 0 aromatic heterocycles. The molecule has 7 heteroatoms. The molecule has 19 heavy (non-hydrogen) atoms. The van der Waals surface area contributed by atoms with E-state index in [9.17, 15) is 13.2 Å². The van der Waals surface area contributed by atoms with Crippen molar-refractivity contribution in [3.05, 3.63) is 24.3 Å². The Hall–Kier alpha value is -1.47. The number of rotatable bonds is 7. The van der Waals surface area contributed by atoms with Gasteiger partial charge in [0, 0.05) is 13.2 Å². The molecule has 0 heterocycles. The van der Waals surface area contributed by atoms with Crippen molar-refractivity contribution in [3.8, 4) is 11.5 Å². The van der Waals surface area contributed by atoms with Gasteiger partial charge in [-0.15, -0.1) is 13.2 Å². The van der Waals surface area contributed by atoms with Crippen LogP contribution in [0.2, 0.25) is 0 Å². The molecule has 2 N–H and O–H groups in total. The molecule has 0 fully saturated rings. The van der Waals surface area contributed by atoms with Crippen molar-refractivity contribution in [2.24, 2.45) is 5.73 Å². The topological polar surface area (TPSA) is 53.7 Å². The maximum absolute atomic E-state index is 11.9. The second-order valence-electron chi connectivity index (χ2n) is 3.64. The smallest absolute Gasteiger partial charge is 0.491 e. The molecule has 1 atom stereocenters. The third-order valence-electron chi connectivity index (χ3n) is 2.16. The molecule has 0 amide bonds. The third-order valence-corrected chi connectivity index (χ3v) is 2.16. The van der Waals surface area contributed by atoms with Gasteiger partial charge in [0.05, 0.1) is 0 Å². The fourth-order valence-electron chi connectivity index (χ4n) is 1.35. The minimum atomic E-state index is -4.69. The van der Waals surface area contributed by atoms with E-state index in [-0.39, 0.29) is 18.5 Å². The van der Waals surface area contributed by atoms with Gasteiger partial charge in [-0.2, -0.15) is 0 Å². The van der Waals surface area contributed by atoms with Crippen molar-refractivity contribution < 1.29 is 27.4 Å². The second-order valence-corrected chi connectivity index (χ2v) is 3.64. The molecule has 0 saturated carbocycles. The lowest BCUT2D eigenvalue weighted by Crippen LogP contribution is -2.30. The minimum Gasteiger partial charge on any atom is -0.491 e. The quantitative estimate of drug-likeness (QED) is 0.832. The SMILES string of the molecule is CCOC(CN)COc1ccc(OC(F)(F)F)cc1. The van der Waals surface area contributed by atoms with Gasteiger partial charge >= 0.3 is 6.36 Å². The van der Waals surface area contributed by atoms with Crippen molar-refractivity contribution in [2.45, 2.75) is 19.4 Å². The predicted molar refractivity (Wildman–Crippen MR) is 63.1 cm³/mol. The Morgan fingerprint density at radius 2 is 1.74 bits per heavy atom. The lowest BCUT2D eigenvalue weighted by atomic mass is 10.3. The zero-order valence-electron chi connectivity index (χ0n) is 10.4. The van der Waals surface area contributed by atoms with Crippen LogP contribution >= 0.6 is 0 Å². The van der Waals surface area contributed by atoms with Crippen LogP contribution in [0, 0.1) is 0 Å². The van der Waals surface area contributed by atoms with Gasteiger partial charge in [-0.25, -0.2) is 0 Å². The first-order chi connectivity index (χ1) is 8.94. The van der Waals surface area contributed by atoms with E-state index in [4.69, 9.17) is 15.2 Å². The Morgan fingerprint density at radius 1 is 1.16 bits per heavy atom. The highest BCUT2D eigenvalue weighted by molar-refractivity contribution is 5.31. The normalized spacial score (nSPS) is 13.1. The molecular weight excluding hydrogens is 263 g/mol. The highest BCUT2D eigenvalue weighted by Crippen LogP contribution is 2.24. The first kappa shape index (κ1) is 15.6. The Morgan fingerprint density at radius 3 is 2.21 bits per heavy atom. The maximum Gasteiger partial charge on any atom is 0.573 e. The molecule has 0 aliphatic heterocycles. The summed E-state index contributed by atoms with van der Waals surface area (Å²) in [6.07, 6.45) is -4.93. The van der Waals surface area contributed by atoms with Crippen LogP contribution in [0.5, 0.6) is 11.5 Å². The standard InChI is InChI=1S/C12H16F3NO3/c1-2-17-11(7-16)8-18-9-3-5-10(6-4-9)19-12(13,14)15/h3-6,11H,2,7-8,16H2,1H3. The van der Waals surface area contributed by atoms with Gasteiger partial charge in [0.15, 0.2) is 0 Å². The van der Waals surface area contributed by atoms with E-state index < -0.39 is 6.36 Å². The Kier molecular flexibility index (Phi) is 5.91. The molecule has 1 aromatic rings. The molecule has 1 aromatic carbocycles. The fraction of sp³-hybridized carbons (Fsp3) is 0.500. The first-order valence-electron chi connectivity index (χ1n) is 5.75. The largest absolute Gasteiger partial charge is 0.573 e. The molecule has 0 aliphatic carbocycles. The molecule has 0 spiro atoms. The summed E-state index contributed by atoms with van der Waals surface area (Å²) in [7, 11) is 0. The first-order valence-corrected chi connectivity index (χ1v) is 5.75. The molecule has 4 nitrogen and oxygen atoms in total. The summed E-state index contributed by atoms with van der Waals surface area (Å²) in [5.41, 5.74) is 5.47. The van der Waals surface area contributed by atoms with E-state index in [1.54, 1.807) is 0 Å². The third kappa shape index (κ3) is 6.30. The van der Waals surface area contributed by atoms with Crippen LogP contribution in [-0.4, -0.2) is 32.2 Å². The van der Waals surface area contributed by atoms with E-state index in [0.29, 0.717) is 18.9 Å². The van der Waals surface area contributed by atoms with Crippen LogP contribution in [0.3, 0.4) is 0 Å². The van der Waals surface area contributed by atoms with Gasteiger partial charge in [-0.1, -0.05) is 0 Å². The van der Waals surface area contributed by atoms with Crippen LogP contribution in [-0.2, 0) is 4.74 Å². The molecule has 0 radical (unpaired) electrons. The van der Waals surface area contributed by atoms with E-state index in [0.717, 1.165) is 0 Å². The van der Waals surface area contributed by atoms with Gasteiger partial charge in [0.25, 0.3) is 0 Å². The number of benzene rings is 1. The molecule has 1 unspecified atom stereocenters. The van der Waals surface area contributed by atoms with E-state index in [1.165, 1.54) is 24.3 Å². The van der Waals surface area contributed by atoms with Gasteiger partial charge < -0.3 is 19.9 Å². The Bertz CT molecular complexity index is 367. The van der Waals surface area contributed by atoms with Crippen molar-refractivity contribution in [3.63, 3.8) is 0 Å². The van der Waals surface area contributed by atoms with E-state index in [2.05, 4.69) is 4.74 Å². The highest BCUT2D eigenvalue weighted by Gasteiger charge is 2.30. The number of hydrogen-bond acceptors (Lipinski definition) is 4. The zero-order valence-corrected chi connectivity index (χ0v) is 10.4. The predicted octanol–water partition coefficient (Wildman–Crippen LogP) is 2.33. The average molecular weight is 279 g/mol. The fourth-order valence-corrected chi connectivity index (χ4v) is 1.35. The van der Waals surface area contributed by atoms with E-state index >= 15 is 0 Å². The molecule has 0 saturated heterocycles.